The average molecular weight is 422 g/mol. The molecular formula is C17H16F2N6O3S. The zero-order valence-electron chi connectivity index (χ0n) is 15.3. The quantitative estimate of drug-likeness (QED) is 0.643. The molecule has 3 rings (SSSR count). The smallest absolute Gasteiger partial charge is 0.287 e. The lowest BCUT2D eigenvalue weighted by molar-refractivity contribution is 0.0939. The first-order valence-corrected chi connectivity index (χ1v) is 9.56. The molecule has 0 spiro atoms. The third kappa shape index (κ3) is 3.93. The first-order chi connectivity index (χ1) is 13.6. The van der Waals surface area contributed by atoms with Crippen molar-refractivity contribution in [3.8, 4) is 0 Å². The van der Waals surface area contributed by atoms with Crippen LogP contribution >= 0.6 is 0 Å². The van der Waals surface area contributed by atoms with Crippen LogP contribution in [0.3, 0.4) is 0 Å². The van der Waals surface area contributed by atoms with Gasteiger partial charge in [-0.2, -0.15) is 9.67 Å². The second-order valence-electron chi connectivity index (χ2n) is 6.04. The highest BCUT2D eigenvalue weighted by atomic mass is 32.2. The van der Waals surface area contributed by atoms with Crippen LogP contribution in [0.15, 0.2) is 47.4 Å². The number of sulfonamides is 1. The van der Waals surface area contributed by atoms with Gasteiger partial charge in [-0.05, 0) is 36.4 Å². The molecule has 3 aromatic rings. The average Bonchev–Trinajstić information content (AvgIpc) is 3.02. The van der Waals surface area contributed by atoms with Gasteiger partial charge in [-0.25, -0.2) is 21.5 Å². The van der Waals surface area contributed by atoms with E-state index in [1.165, 1.54) is 38.4 Å². The minimum atomic E-state index is -3.58. The van der Waals surface area contributed by atoms with E-state index in [2.05, 4.69) is 15.4 Å². The van der Waals surface area contributed by atoms with Gasteiger partial charge in [0.1, 0.15) is 17.2 Å². The molecule has 0 atom stereocenters. The zero-order valence-corrected chi connectivity index (χ0v) is 16.1. The van der Waals surface area contributed by atoms with Gasteiger partial charge in [0.2, 0.25) is 21.9 Å². The molecule has 12 heteroatoms. The molecule has 0 radical (unpaired) electrons. The highest BCUT2D eigenvalue weighted by Crippen LogP contribution is 2.20. The summed E-state index contributed by atoms with van der Waals surface area (Å²) in [4.78, 5) is 16.3. The van der Waals surface area contributed by atoms with Crippen LogP contribution in [-0.4, -0.2) is 47.5 Å². The Bertz CT molecular complexity index is 1160. The summed E-state index contributed by atoms with van der Waals surface area (Å²) >= 11 is 0. The molecular weight excluding hydrogens is 406 g/mol. The monoisotopic (exact) mass is 422 g/mol. The van der Waals surface area contributed by atoms with Gasteiger partial charge in [-0.3, -0.25) is 4.79 Å². The van der Waals surface area contributed by atoms with Gasteiger partial charge < -0.3 is 11.1 Å². The number of aromatic nitrogens is 3. The molecule has 0 fully saturated rings. The fourth-order valence-electron chi connectivity index (χ4n) is 2.38. The molecule has 0 aliphatic carbocycles. The minimum absolute atomic E-state index is 0.0799. The Morgan fingerprint density at radius 1 is 1.10 bits per heavy atom. The fraction of sp³-hybridized carbons (Fsp3) is 0.118. The summed E-state index contributed by atoms with van der Waals surface area (Å²) in [5.74, 6) is -3.73. The van der Waals surface area contributed by atoms with Gasteiger partial charge in [0.15, 0.2) is 0 Å². The Kier molecular flexibility index (Phi) is 5.31. The lowest BCUT2D eigenvalue weighted by Gasteiger charge is -2.11. The molecule has 0 bridgehead atoms. The SMILES string of the molecule is CN(C)S(=O)(=O)c1ccc(Nc2nc(N)n(C(=O)c3c(F)cccc3F)n2)cc1. The van der Waals surface area contributed by atoms with Crippen molar-refractivity contribution in [2.45, 2.75) is 4.90 Å². The topological polar surface area (TPSA) is 123 Å². The number of rotatable bonds is 5. The highest BCUT2D eigenvalue weighted by Gasteiger charge is 2.23. The van der Waals surface area contributed by atoms with E-state index in [4.69, 9.17) is 5.73 Å². The Labute approximate surface area is 164 Å². The van der Waals surface area contributed by atoms with Crippen molar-refractivity contribution >= 4 is 33.5 Å². The summed E-state index contributed by atoms with van der Waals surface area (Å²) in [6.07, 6.45) is 0. The number of nitrogens with two attached hydrogens (primary N) is 1. The summed E-state index contributed by atoms with van der Waals surface area (Å²) in [6.45, 7) is 0. The van der Waals surface area contributed by atoms with Crippen molar-refractivity contribution in [3.63, 3.8) is 0 Å². The Hall–Kier alpha value is -3.38. The number of benzene rings is 2. The number of hydrogen-bond acceptors (Lipinski definition) is 7. The number of nitrogens with one attached hydrogen (secondary N) is 1. The maximum Gasteiger partial charge on any atom is 0.287 e. The van der Waals surface area contributed by atoms with E-state index in [1.54, 1.807) is 0 Å². The van der Waals surface area contributed by atoms with Crippen molar-refractivity contribution in [1.29, 1.82) is 0 Å². The number of carbonyl (C=O) groups excluding carboxylic acids is 1. The van der Waals surface area contributed by atoms with E-state index in [0.29, 0.717) is 10.4 Å². The van der Waals surface area contributed by atoms with Gasteiger partial charge in [0, 0.05) is 19.8 Å². The number of nitrogen functional groups attached to an aromatic ring is 1. The van der Waals surface area contributed by atoms with E-state index >= 15 is 0 Å². The lowest BCUT2D eigenvalue weighted by atomic mass is 10.2. The molecule has 0 saturated carbocycles. The zero-order chi connectivity index (χ0) is 21.3. The summed E-state index contributed by atoms with van der Waals surface area (Å²) in [5, 5.41) is 6.56. The first-order valence-electron chi connectivity index (χ1n) is 8.12. The Morgan fingerprint density at radius 3 is 2.24 bits per heavy atom. The van der Waals surface area contributed by atoms with Crippen molar-refractivity contribution < 1.29 is 22.0 Å². The molecule has 1 heterocycles. The fourth-order valence-corrected chi connectivity index (χ4v) is 3.29. The molecule has 3 N–H and O–H groups in total. The Morgan fingerprint density at radius 2 is 1.69 bits per heavy atom. The van der Waals surface area contributed by atoms with Crippen LogP contribution in [0, 0.1) is 11.6 Å². The van der Waals surface area contributed by atoms with Crippen molar-refractivity contribution in [1.82, 2.24) is 19.1 Å². The van der Waals surface area contributed by atoms with Crippen LogP contribution in [0.2, 0.25) is 0 Å². The van der Waals surface area contributed by atoms with Gasteiger partial charge in [-0.1, -0.05) is 6.07 Å². The van der Waals surface area contributed by atoms with Gasteiger partial charge in [-0.15, -0.1) is 5.10 Å². The van der Waals surface area contributed by atoms with Crippen molar-refractivity contribution in [2.24, 2.45) is 0 Å². The molecule has 0 aliphatic heterocycles. The molecule has 9 nitrogen and oxygen atoms in total. The predicted octanol–water partition coefficient (Wildman–Crippen LogP) is 1.82. The van der Waals surface area contributed by atoms with E-state index in [9.17, 15) is 22.0 Å². The van der Waals surface area contributed by atoms with E-state index < -0.39 is 33.1 Å². The number of halogens is 2. The molecule has 1 aromatic heterocycles. The predicted molar refractivity (Wildman–Crippen MR) is 101 cm³/mol. The summed E-state index contributed by atoms with van der Waals surface area (Å²) in [5.41, 5.74) is 5.24. The van der Waals surface area contributed by atoms with Crippen LogP contribution in [0.25, 0.3) is 0 Å². The normalized spacial score (nSPS) is 11.6. The van der Waals surface area contributed by atoms with E-state index in [-0.39, 0.29) is 16.8 Å². The van der Waals surface area contributed by atoms with Gasteiger partial charge in [0.05, 0.1) is 4.90 Å². The number of carbonyl (C=O) groups is 1. The molecule has 29 heavy (non-hydrogen) atoms. The molecule has 0 amide bonds. The first kappa shape index (κ1) is 20.4. The van der Waals surface area contributed by atoms with Gasteiger partial charge >= 0.3 is 0 Å². The molecule has 2 aromatic carbocycles. The van der Waals surface area contributed by atoms with Crippen LogP contribution in [0.5, 0.6) is 0 Å². The van der Waals surface area contributed by atoms with Crippen molar-refractivity contribution in [2.75, 3.05) is 25.1 Å². The highest BCUT2D eigenvalue weighted by molar-refractivity contribution is 7.89. The molecule has 0 aliphatic rings. The van der Waals surface area contributed by atoms with Gasteiger partial charge in [0.25, 0.3) is 5.91 Å². The maximum atomic E-state index is 13.8. The third-order valence-corrected chi connectivity index (χ3v) is 5.72. The largest absolute Gasteiger partial charge is 0.368 e. The number of anilines is 3. The number of hydrogen-bond donors (Lipinski definition) is 2. The number of nitrogens with zero attached hydrogens (tertiary/aromatic N) is 4. The second kappa shape index (κ2) is 7.56. The third-order valence-electron chi connectivity index (χ3n) is 3.89. The summed E-state index contributed by atoms with van der Waals surface area (Å²) in [6, 6.07) is 8.67. The van der Waals surface area contributed by atoms with Crippen LogP contribution in [-0.2, 0) is 10.0 Å². The molecule has 152 valence electrons. The summed E-state index contributed by atoms with van der Waals surface area (Å²) in [7, 11) is -0.759. The second-order valence-corrected chi connectivity index (χ2v) is 8.20. The van der Waals surface area contributed by atoms with Crippen LogP contribution in [0.1, 0.15) is 10.4 Å². The molecule has 0 saturated heterocycles. The van der Waals surface area contributed by atoms with E-state index in [0.717, 1.165) is 22.5 Å². The lowest BCUT2D eigenvalue weighted by Crippen LogP contribution is -2.22. The van der Waals surface area contributed by atoms with Crippen LogP contribution in [0.4, 0.5) is 26.4 Å². The van der Waals surface area contributed by atoms with Crippen molar-refractivity contribution in [3.05, 3.63) is 59.7 Å². The van der Waals surface area contributed by atoms with Crippen LogP contribution < -0.4 is 11.1 Å². The van der Waals surface area contributed by atoms with E-state index in [1.807, 2.05) is 0 Å². The summed E-state index contributed by atoms with van der Waals surface area (Å²) < 4.78 is 53.5. The minimum Gasteiger partial charge on any atom is -0.368 e. The Balaban J connectivity index is 1.85. The standard InChI is InChI=1S/C17H16F2N6O3S/c1-24(2)29(27,28)11-8-6-10(7-9-11)21-17-22-16(20)25(23-17)15(26)14-12(18)4-3-5-13(14)19/h3-9H,1-2H3,(H3,20,21,22,23). The maximum absolute atomic E-state index is 13.8. The molecule has 0 unspecified atom stereocenters.